The SMILES string of the molecule is CC1CCCC(N)(c2noc(-c3ccc(Br)cc3)n2)C1. The van der Waals surface area contributed by atoms with Gasteiger partial charge in [0.1, 0.15) is 0 Å². The van der Waals surface area contributed by atoms with Crippen LogP contribution in [0.15, 0.2) is 33.3 Å². The largest absolute Gasteiger partial charge is 0.334 e. The average Bonchev–Trinajstić information content (AvgIpc) is 2.90. The maximum absolute atomic E-state index is 6.49. The van der Waals surface area contributed by atoms with E-state index in [0.717, 1.165) is 29.3 Å². The summed E-state index contributed by atoms with van der Waals surface area (Å²) < 4.78 is 6.41. The first-order valence-corrected chi connectivity index (χ1v) is 7.75. The van der Waals surface area contributed by atoms with Gasteiger partial charge in [-0.2, -0.15) is 4.98 Å². The van der Waals surface area contributed by atoms with Crippen molar-refractivity contribution in [2.24, 2.45) is 11.7 Å². The Morgan fingerprint density at radius 1 is 1.35 bits per heavy atom. The highest BCUT2D eigenvalue weighted by atomic mass is 79.9. The maximum Gasteiger partial charge on any atom is 0.257 e. The molecule has 1 fully saturated rings. The van der Waals surface area contributed by atoms with Crippen molar-refractivity contribution in [3.8, 4) is 11.5 Å². The van der Waals surface area contributed by atoms with Gasteiger partial charge in [0.05, 0.1) is 5.54 Å². The topological polar surface area (TPSA) is 64.9 Å². The molecule has 0 aliphatic heterocycles. The van der Waals surface area contributed by atoms with Crippen molar-refractivity contribution in [2.45, 2.75) is 38.1 Å². The van der Waals surface area contributed by atoms with E-state index >= 15 is 0 Å². The Kier molecular flexibility index (Phi) is 3.65. The van der Waals surface area contributed by atoms with E-state index < -0.39 is 5.54 Å². The lowest BCUT2D eigenvalue weighted by Gasteiger charge is -2.33. The molecular weight excluding hydrogens is 318 g/mol. The summed E-state index contributed by atoms with van der Waals surface area (Å²) in [5.41, 5.74) is 6.97. The van der Waals surface area contributed by atoms with Crippen molar-refractivity contribution in [3.63, 3.8) is 0 Å². The highest BCUT2D eigenvalue weighted by molar-refractivity contribution is 9.10. The van der Waals surface area contributed by atoms with Crippen LogP contribution in [-0.2, 0) is 5.54 Å². The summed E-state index contributed by atoms with van der Waals surface area (Å²) in [7, 11) is 0. The first-order valence-electron chi connectivity index (χ1n) is 6.96. The van der Waals surface area contributed by atoms with E-state index in [1.54, 1.807) is 0 Å². The Hall–Kier alpha value is -1.20. The van der Waals surface area contributed by atoms with Crippen LogP contribution < -0.4 is 5.73 Å². The van der Waals surface area contributed by atoms with Gasteiger partial charge in [-0.25, -0.2) is 0 Å². The molecule has 5 heteroatoms. The summed E-state index contributed by atoms with van der Waals surface area (Å²) in [6.45, 7) is 2.23. The van der Waals surface area contributed by atoms with E-state index in [9.17, 15) is 0 Å². The van der Waals surface area contributed by atoms with Gasteiger partial charge in [-0.3, -0.25) is 0 Å². The summed E-state index contributed by atoms with van der Waals surface area (Å²) in [5.74, 6) is 1.79. The minimum atomic E-state index is -0.436. The lowest BCUT2D eigenvalue weighted by Crippen LogP contribution is -2.42. The normalized spacial score (nSPS) is 26.6. The van der Waals surface area contributed by atoms with Crippen LogP contribution >= 0.6 is 15.9 Å². The van der Waals surface area contributed by atoms with Gasteiger partial charge >= 0.3 is 0 Å². The van der Waals surface area contributed by atoms with Crippen molar-refractivity contribution in [1.82, 2.24) is 10.1 Å². The Labute approximate surface area is 126 Å². The first kappa shape index (κ1) is 13.8. The summed E-state index contributed by atoms with van der Waals surface area (Å²) in [6, 6.07) is 7.82. The summed E-state index contributed by atoms with van der Waals surface area (Å²) in [5, 5.41) is 4.12. The fourth-order valence-electron chi connectivity index (χ4n) is 2.93. The van der Waals surface area contributed by atoms with Gasteiger partial charge in [-0.1, -0.05) is 40.9 Å². The first-order chi connectivity index (χ1) is 9.57. The summed E-state index contributed by atoms with van der Waals surface area (Å²) in [6.07, 6.45) is 4.21. The third-order valence-electron chi connectivity index (χ3n) is 4.00. The van der Waals surface area contributed by atoms with E-state index in [1.165, 1.54) is 6.42 Å². The van der Waals surface area contributed by atoms with Crippen LogP contribution in [0, 0.1) is 5.92 Å². The number of benzene rings is 1. The minimum Gasteiger partial charge on any atom is -0.334 e. The lowest BCUT2D eigenvalue weighted by molar-refractivity contribution is 0.222. The second-order valence-corrected chi connectivity index (χ2v) is 6.70. The summed E-state index contributed by atoms with van der Waals surface area (Å²) in [4.78, 5) is 4.52. The van der Waals surface area contributed by atoms with Gasteiger partial charge in [0.25, 0.3) is 5.89 Å². The molecule has 0 saturated heterocycles. The van der Waals surface area contributed by atoms with Gasteiger partial charge < -0.3 is 10.3 Å². The molecular formula is C15H18BrN3O. The molecule has 2 N–H and O–H groups in total. The predicted molar refractivity (Wildman–Crippen MR) is 80.9 cm³/mol. The van der Waals surface area contributed by atoms with E-state index in [4.69, 9.17) is 10.3 Å². The van der Waals surface area contributed by atoms with Crippen LogP contribution in [0.2, 0.25) is 0 Å². The molecule has 3 rings (SSSR count). The highest BCUT2D eigenvalue weighted by Gasteiger charge is 2.37. The van der Waals surface area contributed by atoms with Gasteiger partial charge in [0.2, 0.25) is 0 Å². The molecule has 2 unspecified atom stereocenters. The van der Waals surface area contributed by atoms with Crippen LogP contribution in [0.1, 0.15) is 38.4 Å². The molecule has 2 atom stereocenters. The van der Waals surface area contributed by atoms with Crippen LogP contribution in [0.4, 0.5) is 0 Å². The third-order valence-corrected chi connectivity index (χ3v) is 4.52. The zero-order valence-electron chi connectivity index (χ0n) is 11.5. The third kappa shape index (κ3) is 2.65. The number of aromatic nitrogens is 2. The van der Waals surface area contributed by atoms with Gasteiger partial charge in [0.15, 0.2) is 5.82 Å². The molecule has 2 aromatic rings. The molecule has 0 bridgehead atoms. The van der Waals surface area contributed by atoms with Gasteiger partial charge in [0, 0.05) is 10.0 Å². The smallest absolute Gasteiger partial charge is 0.257 e. The van der Waals surface area contributed by atoms with E-state index in [-0.39, 0.29) is 0 Å². The molecule has 0 spiro atoms. The Bertz CT molecular complexity index is 595. The molecule has 1 aromatic heterocycles. The molecule has 0 amide bonds. The van der Waals surface area contributed by atoms with Gasteiger partial charge in [-0.05, 0) is 43.0 Å². The number of hydrogen-bond acceptors (Lipinski definition) is 4. The molecule has 1 aliphatic carbocycles. The number of hydrogen-bond donors (Lipinski definition) is 1. The average molecular weight is 336 g/mol. The summed E-state index contributed by atoms with van der Waals surface area (Å²) >= 11 is 3.41. The standard InChI is InChI=1S/C15H18BrN3O/c1-10-3-2-8-15(17,9-10)14-18-13(20-19-14)11-4-6-12(16)7-5-11/h4-7,10H,2-3,8-9,17H2,1H3. The predicted octanol–water partition coefficient (Wildman–Crippen LogP) is 3.86. The number of rotatable bonds is 2. The van der Waals surface area contributed by atoms with Crippen LogP contribution in [0.25, 0.3) is 11.5 Å². The van der Waals surface area contributed by atoms with Crippen molar-refractivity contribution < 1.29 is 4.52 Å². The Balaban J connectivity index is 1.88. The molecule has 1 saturated carbocycles. The number of nitrogens with two attached hydrogens (primary N) is 1. The molecule has 106 valence electrons. The molecule has 1 aromatic carbocycles. The zero-order chi connectivity index (χ0) is 14.2. The molecule has 1 aliphatic rings. The lowest BCUT2D eigenvalue weighted by atomic mass is 9.76. The van der Waals surface area contributed by atoms with Crippen molar-refractivity contribution >= 4 is 15.9 Å². The minimum absolute atomic E-state index is 0.436. The van der Waals surface area contributed by atoms with E-state index in [1.807, 2.05) is 24.3 Å². The van der Waals surface area contributed by atoms with Crippen molar-refractivity contribution in [1.29, 1.82) is 0 Å². The van der Waals surface area contributed by atoms with Crippen LogP contribution in [0.3, 0.4) is 0 Å². The van der Waals surface area contributed by atoms with Crippen molar-refractivity contribution in [3.05, 3.63) is 34.6 Å². The Morgan fingerprint density at radius 3 is 2.80 bits per heavy atom. The second kappa shape index (κ2) is 5.30. The maximum atomic E-state index is 6.49. The quantitative estimate of drug-likeness (QED) is 0.904. The fraction of sp³-hybridized carbons (Fsp3) is 0.467. The van der Waals surface area contributed by atoms with Crippen LogP contribution in [-0.4, -0.2) is 10.1 Å². The Morgan fingerprint density at radius 2 is 2.10 bits per heavy atom. The zero-order valence-corrected chi connectivity index (χ0v) is 13.1. The van der Waals surface area contributed by atoms with Crippen LogP contribution in [0.5, 0.6) is 0 Å². The monoisotopic (exact) mass is 335 g/mol. The van der Waals surface area contributed by atoms with Gasteiger partial charge in [-0.15, -0.1) is 0 Å². The fourth-order valence-corrected chi connectivity index (χ4v) is 3.19. The number of nitrogens with zero attached hydrogens (tertiary/aromatic N) is 2. The molecule has 4 nitrogen and oxygen atoms in total. The molecule has 20 heavy (non-hydrogen) atoms. The highest BCUT2D eigenvalue weighted by Crippen LogP contribution is 2.37. The second-order valence-electron chi connectivity index (χ2n) is 5.79. The molecule has 0 radical (unpaired) electrons. The number of halogens is 1. The van der Waals surface area contributed by atoms with E-state index in [2.05, 4.69) is 33.0 Å². The van der Waals surface area contributed by atoms with Crippen molar-refractivity contribution in [2.75, 3.05) is 0 Å². The van der Waals surface area contributed by atoms with E-state index in [0.29, 0.717) is 17.6 Å². The molecule has 1 heterocycles.